The molecule has 30 heavy (non-hydrogen) atoms. The number of carbonyl (C=O) groups excluding carboxylic acids is 2. The van der Waals surface area contributed by atoms with Gasteiger partial charge in [-0.25, -0.2) is 19.4 Å². The molecule has 1 aromatic rings. The molecule has 0 bridgehead atoms. The maximum Gasteiger partial charge on any atom is 0.416 e. The monoisotopic (exact) mass is 443 g/mol. The lowest BCUT2D eigenvalue weighted by Crippen LogP contribution is -2.48. The van der Waals surface area contributed by atoms with Crippen LogP contribution in [0.2, 0.25) is 0 Å². The van der Waals surface area contributed by atoms with Crippen molar-refractivity contribution < 1.29 is 29.0 Å². The van der Waals surface area contributed by atoms with Gasteiger partial charge in [0.1, 0.15) is 11.2 Å². The number of nitrogens with zero attached hydrogens (tertiary/aromatic N) is 2. The average Bonchev–Trinajstić information content (AvgIpc) is 3.03. The number of rotatable bonds is 8. The summed E-state index contributed by atoms with van der Waals surface area (Å²) in [4.78, 5) is 41.6. The number of ether oxygens (including phenoxy) is 2. The third kappa shape index (κ3) is 9.43. The standard InChI is InChI=1S/C20H33N3O6S/c1-8-9-10-13(21-17(26)28-19(2,3)4)11-23(18(27)29-20(5,6)7)16-22-14(12-30-16)15(24)25/h12-13H,8-11H2,1-7H3,(H,21,26)(H,24,25)/t13-/m1/s1. The van der Waals surface area contributed by atoms with Crippen molar-refractivity contribution in [3.05, 3.63) is 11.1 Å². The predicted molar refractivity (Wildman–Crippen MR) is 115 cm³/mol. The van der Waals surface area contributed by atoms with Crippen molar-refractivity contribution in [3.8, 4) is 0 Å². The number of anilines is 1. The van der Waals surface area contributed by atoms with Crippen LogP contribution in [-0.2, 0) is 9.47 Å². The summed E-state index contributed by atoms with van der Waals surface area (Å²) in [6.45, 7) is 12.6. The van der Waals surface area contributed by atoms with Gasteiger partial charge in [-0.3, -0.25) is 4.90 Å². The lowest BCUT2D eigenvalue weighted by atomic mass is 10.1. The topological polar surface area (TPSA) is 118 Å². The Morgan fingerprint density at radius 1 is 1.17 bits per heavy atom. The molecular formula is C20H33N3O6S. The zero-order valence-corrected chi connectivity index (χ0v) is 19.6. The van der Waals surface area contributed by atoms with E-state index >= 15 is 0 Å². The van der Waals surface area contributed by atoms with Gasteiger partial charge in [0.25, 0.3) is 0 Å². The van der Waals surface area contributed by atoms with Gasteiger partial charge in [-0.2, -0.15) is 0 Å². The van der Waals surface area contributed by atoms with Crippen LogP contribution in [-0.4, -0.2) is 52.0 Å². The van der Waals surface area contributed by atoms with Crippen molar-refractivity contribution in [2.45, 2.75) is 85.0 Å². The van der Waals surface area contributed by atoms with Crippen LogP contribution in [0.25, 0.3) is 0 Å². The van der Waals surface area contributed by atoms with Crippen LogP contribution in [0, 0.1) is 0 Å². The lowest BCUT2D eigenvalue weighted by Gasteiger charge is -2.30. The summed E-state index contributed by atoms with van der Waals surface area (Å²) >= 11 is 1.02. The molecule has 0 spiro atoms. The van der Waals surface area contributed by atoms with E-state index < -0.39 is 35.4 Å². The van der Waals surface area contributed by atoms with E-state index in [2.05, 4.69) is 10.3 Å². The number of hydrogen-bond acceptors (Lipinski definition) is 7. The number of nitrogens with one attached hydrogen (secondary N) is 1. The van der Waals surface area contributed by atoms with E-state index in [1.807, 2.05) is 6.92 Å². The summed E-state index contributed by atoms with van der Waals surface area (Å²) in [6, 6.07) is -0.426. The highest BCUT2D eigenvalue weighted by Gasteiger charge is 2.30. The van der Waals surface area contributed by atoms with E-state index in [9.17, 15) is 14.4 Å². The molecule has 0 aromatic carbocycles. The lowest BCUT2D eigenvalue weighted by molar-refractivity contribution is 0.0483. The van der Waals surface area contributed by atoms with E-state index in [0.29, 0.717) is 6.42 Å². The van der Waals surface area contributed by atoms with Gasteiger partial charge in [-0.05, 0) is 48.0 Å². The zero-order chi connectivity index (χ0) is 23.1. The Morgan fingerprint density at radius 3 is 2.23 bits per heavy atom. The molecule has 0 radical (unpaired) electrons. The number of carboxylic acids is 1. The zero-order valence-electron chi connectivity index (χ0n) is 18.8. The summed E-state index contributed by atoms with van der Waals surface area (Å²) in [5.41, 5.74) is -1.57. The van der Waals surface area contributed by atoms with Crippen molar-refractivity contribution in [2.75, 3.05) is 11.4 Å². The first-order chi connectivity index (χ1) is 13.7. The Labute approximate surface area is 181 Å². The minimum atomic E-state index is -1.18. The Balaban J connectivity index is 3.12. The average molecular weight is 444 g/mol. The summed E-state index contributed by atoms with van der Waals surface area (Å²) in [5, 5.41) is 13.5. The van der Waals surface area contributed by atoms with E-state index in [1.54, 1.807) is 41.5 Å². The fourth-order valence-corrected chi connectivity index (χ4v) is 3.19. The maximum absolute atomic E-state index is 12.8. The Kier molecular flexibility index (Phi) is 9.08. The molecule has 170 valence electrons. The van der Waals surface area contributed by atoms with Gasteiger partial charge in [0.15, 0.2) is 10.8 Å². The van der Waals surface area contributed by atoms with Crippen LogP contribution < -0.4 is 10.2 Å². The van der Waals surface area contributed by atoms with E-state index in [4.69, 9.17) is 14.6 Å². The minimum Gasteiger partial charge on any atom is -0.476 e. The van der Waals surface area contributed by atoms with Crippen LogP contribution >= 0.6 is 11.3 Å². The van der Waals surface area contributed by atoms with E-state index in [0.717, 1.165) is 24.2 Å². The predicted octanol–water partition coefficient (Wildman–Crippen LogP) is 4.67. The molecule has 0 saturated heterocycles. The van der Waals surface area contributed by atoms with Crippen LogP contribution in [0.3, 0.4) is 0 Å². The van der Waals surface area contributed by atoms with Gasteiger partial charge in [0.05, 0.1) is 12.6 Å². The highest BCUT2D eigenvalue weighted by Crippen LogP contribution is 2.24. The van der Waals surface area contributed by atoms with Crippen molar-refractivity contribution in [3.63, 3.8) is 0 Å². The molecule has 2 N–H and O–H groups in total. The second-order valence-corrected chi connectivity index (χ2v) is 9.73. The molecule has 0 fully saturated rings. The molecule has 1 rings (SSSR count). The second kappa shape index (κ2) is 10.6. The number of aromatic carboxylic acids is 1. The van der Waals surface area contributed by atoms with Crippen LogP contribution in [0.15, 0.2) is 5.38 Å². The van der Waals surface area contributed by atoms with Crippen molar-refractivity contribution in [1.82, 2.24) is 10.3 Å². The van der Waals surface area contributed by atoms with Gasteiger partial charge >= 0.3 is 18.2 Å². The normalized spacial score (nSPS) is 12.8. The van der Waals surface area contributed by atoms with Crippen LogP contribution in [0.5, 0.6) is 0 Å². The fourth-order valence-electron chi connectivity index (χ4n) is 2.39. The largest absolute Gasteiger partial charge is 0.476 e. The molecule has 0 unspecified atom stereocenters. The smallest absolute Gasteiger partial charge is 0.416 e. The quantitative estimate of drug-likeness (QED) is 0.599. The molecule has 2 amide bonds. The molecule has 0 saturated carbocycles. The number of carboxylic acid groups (broad SMARTS) is 1. The minimum absolute atomic E-state index is 0.0702. The third-order valence-electron chi connectivity index (χ3n) is 3.59. The molecule has 0 aliphatic heterocycles. The first-order valence-corrected chi connectivity index (χ1v) is 10.8. The van der Waals surface area contributed by atoms with E-state index in [-0.39, 0.29) is 17.4 Å². The summed E-state index contributed by atoms with van der Waals surface area (Å²) in [5.74, 6) is -1.18. The second-order valence-electron chi connectivity index (χ2n) is 8.90. The summed E-state index contributed by atoms with van der Waals surface area (Å²) in [6.07, 6.45) is 1.08. The van der Waals surface area contributed by atoms with Crippen LogP contribution in [0.4, 0.5) is 14.7 Å². The molecular weight excluding hydrogens is 410 g/mol. The molecule has 0 aliphatic rings. The fraction of sp³-hybridized carbons (Fsp3) is 0.700. The molecule has 9 nitrogen and oxygen atoms in total. The summed E-state index contributed by atoms with van der Waals surface area (Å²) < 4.78 is 10.8. The van der Waals surface area contributed by atoms with Gasteiger partial charge < -0.3 is 19.9 Å². The Bertz CT molecular complexity index is 736. The molecule has 1 atom stereocenters. The summed E-state index contributed by atoms with van der Waals surface area (Å²) in [7, 11) is 0. The number of unbranched alkanes of at least 4 members (excludes halogenated alkanes) is 1. The molecule has 0 aliphatic carbocycles. The third-order valence-corrected chi connectivity index (χ3v) is 4.45. The molecule has 10 heteroatoms. The van der Waals surface area contributed by atoms with Gasteiger partial charge in [0, 0.05) is 5.38 Å². The molecule has 1 heterocycles. The van der Waals surface area contributed by atoms with E-state index in [1.165, 1.54) is 10.3 Å². The number of hydrogen-bond donors (Lipinski definition) is 2. The van der Waals surface area contributed by atoms with Gasteiger partial charge in [-0.15, -0.1) is 11.3 Å². The number of carbonyl (C=O) groups is 3. The first kappa shape index (κ1) is 25.7. The van der Waals surface area contributed by atoms with Gasteiger partial charge in [-0.1, -0.05) is 19.8 Å². The van der Waals surface area contributed by atoms with Crippen molar-refractivity contribution >= 4 is 34.6 Å². The number of alkyl carbamates (subject to hydrolysis) is 1. The SMILES string of the molecule is CCCC[C@H](CN(C(=O)OC(C)(C)C)c1nc(C(=O)O)cs1)NC(=O)OC(C)(C)C. The highest BCUT2D eigenvalue weighted by atomic mass is 32.1. The van der Waals surface area contributed by atoms with Crippen molar-refractivity contribution in [2.24, 2.45) is 0 Å². The number of amides is 2. The first-order valence-electron chi connectivity index (χ1n) is 9.90. The molecule has 1 aromatic heterocycles. The van der Waals surface area contributed by atoms with Crippen molar-refractivity contribution in [1.29, 1.82) is 0 Å². The van der Waals surface area contributed by atoms with Crippen LogP contribution in [0.1, 0.15) is 78.2 Å². The Morgan fingerprint density at radius 2 is 1.77 bits per heavy atom. The van der Waals surface area contributed by atoms with Gasteiger partial charge in [0.2, 0.25) is 0 Å². The highest BCUT2D eigenvalue weighted by molar-refractivity contribution is 7.14. The number of aromatic nitrogens is 1. The Hall–Kier alpha value is -2.36. The number of thiazole rings is 1. The maximum atomic E-state index is 12.8.